The summed E-state index contributed by atoms with van der Waals surface area (Å²) in [6.07, 6.45) is -4.54. The zero-order valence-corrected chi connectivity index (χ0v) is 19.4. The van der Waals surface area contributed by atoms with E-state index in [-0.39, 0.29) is 11.7 Å². The number of hydrogen-bond donors (Lipinski definition) is 0. The molecular weight excluding hydrogens is 477 g/mol. The van der Waals surface area contributed by atoms with Crippen LogP contribution in [0.1, 0.15) is 41.7 Å². The summed E-state index contributed by atoms with van der Waals surface area (Å²) in [5, 5.41) is 0. The number of ether oxygens (including phenoxy) is 2. The van der Waals surface area contributed by atoms with Gasteiger partial charge in [0.05, 0.1) is 24.9 Å². The number of nitrogens with zero attached hydrogens (tertiary/aromatic N) is 2. The molecule has 0 spiro atoms. The summed E-state index contributed by atoms with van der Waals surface area (Å²) in [6.45, 7) is 3.99. The third kappa shape index (κ3) is 4.82. The Labute approximate surface area is 193 Å². The lowest BCUT2D eigenvalue weighted by Gasteiger charge is -2.31. The summed E-state index contributed by atoms with van der Waals surface area (Å²) in [7, 11) is -4.46. The minimum atomic E-state index is -4.46. The molecule has 0 N–H and O–H groups in total. The molecular formula is C21H23F2N2O8P. The van der Waals surface area contributed by atoms with Gasteiger partial charge in [-0.15, -0.1) is 0 Å². The Kier molecular flexibility index (Phi) is 6.71. The second kappa shape index (κ2) is 9.27. The zero-order chi connectivity index (χ0) is 24.7. The van der Waals surface area contributed by atoms with E-state index in [2.05, 4.69) is 4.98 Å². The number of fused-ring (bicyclic) bond motifs is 1. The third-order valence-electron chi connectivity index (χ3n) is 5.17. The molecule has 0 aliphatic carbocycles. The lowest BCUT2D eigenvalue weighted by atomic mass is 10.1. The predicted octanol–water partition coefficient (Wildman–Crippen LogP) is 3.39. The number of phosphoric ester groups is 1. The van der Waals surface area contributed by atoms with Crippen LogP contribution in [0.3, 0.4) is 0 Å². The number of alkyl halides is 2. The summed E-state index contributed by atoms with van der Waals surface area (Å²) in [4.78, 5) is 28.1. The fraction of sp³-hybridized carbons (Fsp3) is 0.476. The molecule has 2 fully saturated rings. The Bertz CT molecular complexity index is 1190. The third-order valence-corrected chi connectivity index (χ3v) is 6.57. The van der Waals surface area contributed by atoms with E-state index in [0.29, 0.717) is 15.8 Å². The minimum Gasteiger partial charge on any atom is -0.459 e. The largest absolute Gasteiger partial charge is 0.475 e. The lowest BCUT2D eigenvalue weighted by Crippen LogP contribution is -2.45. The SMILES string of the molecule is Cc1ccn([C@@H]2O[C@@H]3COP(=O)(OCc4ccccc4C(=O)OC(C)C)O[C@H]3C2(F)F)c(=O)n1. The van der Waals surface area contributed by atoms with Gasteiger partial charge in [0.1, 0.15) is 6.10 Å². The van der Waals surface area contributed by atoms with Gasteiger partial charge in [0.2, 0.25) is 6.23 Å². The van der Waals surface area contributed by atoms with Gasteiger partial charge in [0.15, 0.2) is 6.10 Å². The van der Waals surface area contributed by atoms with Crippen LogP contribution in [0.5, 0.6) is 0 Å². The number of aryl methyl sites for hydroxylation is 1. The number of esters is 1. The van der Waals surface area contributed by atoms with Crippen molar-refractivity contribution in [1.82, 2.24) is 9.55 Å². The molecule has 1 unspecified atom stereocenters. The fourth-order valence-corrected chi connectivity index (χ4v) is 4.96. The lowest BCUT2D eigenvalue weighted by molar-refractivity contribution is -0.138. The second-order valence-corrected chi connectivity index (χ2v) is 9.74. The monoisotopic (exact) mass is 500 g/mol. The number of carbonyl (C=O) groups is 1. The molecule has 4 atom stereocenters. The quantitative estimate of drug-likeness (QED) is 0.435. The Hall–Kier alpha value is -2.50. The zero-order valence-electron chi connectivity index (χ0n) is 18.6. The summed E-state index contributed by atoms with van der Waals surface area (Å²) in [5.41, 5.74) is -0.0931. The second-order valence-electron chi connectivity index (χ2n) is 8.11. The first-order valence-electron chi connectivity index (χ1n) is 10.5. The topological polar surface area (TPSA) is 115 Å². The van der Waals surface area contributed by atoms with Crippen molar-refractivity contribution < 1.29 is 41.2 Å². The van der Waals surface area contributed by atoms with E-state index in [4.69, 9.17) is 23.0 Å². The van der Waals surface area contributed by atoms with Crippen LogP contribution < -0.4 is 5.69 Å². The van der Waals surface area contributed by atoms with Crippen LogP contribution in [0.15, 0.2) is 41.3 Å². The van der Waals surface area contributed by atoms with Gasteiger partial charge >= 0.3 is 25.4 Å². The van der Waals surface area contributed by atoms with Gasteiger partial charge in [-0.05, 0) is 38.5 Å². The number of carbonyl (C=O) groups excluding carboxylic acids is 1. The van der Waals surface area contributed by atoms with Crippen molar-refractivity contribution in [1.29, 1.82) is 0 Å². The molecule has 3 heterocycles. The van der Waals surface area contributed by atoms with Gasteiger partial charge in [-0.3, -0.25) is 18.1 Å². The molecule has 10 nitrogen and oxygen atoms in total. The molecule has 4 rings (SSSR count). The molecule has 2 saturated heterocycles. The Balaban J connectivity index is 1.50. The van der Waals surface area contributed by atoms with Crippen molar-refractivity contribution in [2.24, 2.45) is 0 Å². The van der Waals surface area contributed by atoms with Crippen molar-refractivity contribution in [3.8, 4) is 0 Å². The standard InChI is InChI=1S/C21H23F2N2O8P/c1-12(2)31-18(26)15-7-5-4-6-14(15)10-29-34(28)30-11-16-17(33-34)21(22,23)19(32-16)25-9-8-13(3)24-20(25)27/h4-9,12,16-17,19H,10-11H2,1-3H3/t16-,17-,19-,34?/m1/s1. The summed E-state index contributed by atoms with van der Waals surface area (Å²) < 4.78 is 70.0. The highest BCUT2D eigenvalue weighted by Gasteiger charge is 2.65. The van der Waals surface area contributed by atoms with E-state index in [1.807, 2.05) is 0 Å². The number of halogens is 2. The Morgan fingerprint density at radius 1 is 1.32 bits per heavy atom. The van der Waals surface area contributed by atoms with E-state index in [0.717, 1.165) is 6.20 Å². The van der Waals surface area contributed by atoms with Crippen molar-refractivity contribution in [3.05, 3.63) is 63.8 Å². The fourth-order valence-electron chi connectivity index (χ4n) is 3.58. The highest BCUT2D eigenvalue weighted by molar-refractivity contribution is 7.48. The molecule has 2 aliphatic heterocycles. The van der Waals surface area contributed by atoms with Crippen LogP contribution >= 0.6 is 7.82 Å². The first kappa shape index (κ1) is 24.6. The molecule has 0 radical (unpaired) electrons. The molecule has 34 heavy (non-hydrogen) atoms. The summed E-state index contributed by atoms with van der Waals surface area (Å²) in [5.74, 6) is -4.36. The van der Waals surface area contributed by atoms with Crippen LogP contribution in [-0.2, 0) is 34.2 Å². The van der Waals surface area contributed by atoms with Gasteiger partial charge in [-0.25, -0.2) is 14.2 Å². The van der Waals surface area contributed by atoms with Gasteiger partial charge in [-0.2, -0.15) is 13.8 Å². The van der Waals surface area contributed by atoms with Gasteiger partial charge in [0.25, 0.3) is 0 Å². The van der Waals surface area contributed by atoms with E-state index in [9.17, 15) is 14.2 Å². The minimum absolute atomic E-state index is 0.165. The van der Waals surface area contributed by atoms with Gasteiger partial charge in [0, 0.05) is 11.9 Å². The Morgan fingerprint density at radius 3 is 2.76 bits per heavy atom. The molecule has 2 aliphatic rings. The van der Waals surface area contributed by atoms with Crippen LogP contribution in [0, 0.1) is 6.92 Å². The number of phosphoric acid groups is 1. The van der Waals surface area contributed by atoms with E-state index < -0.39 is 57.1 Å². The first-order valence-corrected chi connectivity index (χ1v) is 11.9. The molecule has 0 bridgehead atoms. The van der Waals surface area contributed by atoms with Gasteiger partial charge in [-0.1, -0.05) is 18.2 Å². The average Bonchev–Trinajstić information content (AvgIpc) is 3.02. The van der Waals surface area contributed by atoms with Gasteiger partial charge < -0.3 is 9.47 Å². The molecule has 184 valence electrons. The number of aromatic nitrogens is 2. The van der Waals surface area contributed by atoms with E-state index in [1.165, 1.54) is 18.2 Å². The first-order chi connectivity index (χ1) is 16.0. The predicted molar refractivity (Wildman–Crippen MR) is 112 cm³/mol. The normalized spacial score (nSPS) is 28.0. The highest BCUT2D eigenvalue weighted by atomic mass is 31.2. The molecule has 13 heteroatoms. The van der Waals surface area contributed by atoms with Crippen molar-refractivity contribution in [2.45, 2.75) is 57.8 Å². The maximum absolute atomic E-state index is 15.2. The molecule has 0 saturated carbocycles. The van der Waals surface area contributed by atoms with Crippen LogP contribution in [0.2, 0.25) is 0 Å². The molecule has 1 aromatic carbocycles. The molecule has 0 amide bonds. The molecule has 1 aromatic heterocycles. The highest BCUT2D eigenvalue weighted by Crippen LogP contribution is 2.60. The van der Waals surface area contributed by atoms with Crippen molar-refractivity contribution in [3.63, 3.8) is 0 Å². The van der Waals surface area contributed by atoms with E-state index in [1.54, 1.807) is 32.9 Å². The van der Waals surface area contributed by atoms with Crippen LogP contribution in [0.25, 0.3) is 0 Å². The van der Waals surface area contributed by atoms with Crippen LogP contribution in [0.4, 0.5) is 8.78 Å². The van der Waals surface area contributed by atoms with Crippen molar-refractivity contribution >= 4 is 13.8 Å². The summed E-state index contributed by atoms with van der Waals surface area (Å²) in [6, 6.07) is 7.65. The number of hydrogen-bond acceptors (Lipinski definition) is 9. The number of benzene rings is 1. The average molecular weight is 500 g/mol. The van der Waals surface area contributed by atoms with Crippen molar-refractivity contribution in [2.75, 3.05) is 6.61 Å². The van der Waals surface area contributed by atoms with E-state index >= 15 is 8.78 Å². The maximum atomic E-state index is 15.2. The number of rotatable bonds is 6. The summed E-state index contributed by atoms with van der Waals surface area (Å²) >= 11 is 0. The smallest absolute Gasteiger partial charge is 0.459 e. The van der Waals surface area contributed by atoms with Crippen LogP contribution in [-0.4, -0.2) is 46.4 Å². The Morgan fingerprint density at radius 2 is 2.06 bits per heavy atom. The maximum Gasteiger partial charge on any atom is 0.475 e. The molecule has 2 aromatic rings.